The van der Waals surface area contributed by atoms with Crippen LogP contribution in [0.4, 0.5) is 5.69 Å². The molecule has 12 nitrogen and oxygen atoms in total. The summed E-state index contributed by atoms with van der Waals surface area (Å²) in [5.41, 5.74) is 4.39. The highest BCUT2D eigenvalue weighted by Gasteiger charge is 2.69. The molecule has 0 heterocycles. The van der Waals surface area contributed by atoms with Crippen LogP contribution in [0.1, 0.15) is 34.8 Å². The number of anilines is 1. The van der Waals surface area contributed by atoms with Crippen molar-refractivity contribution < 1.29 is 34.2 Å². The first-order chi connectivity index (χ1) is 18.7. The normalized spacial score (nSPS) is 29.9. The molecule has 0 spiro atoms. The van der Waals surface area contributed by atoms with Gasteiger partial charge in [0.15, 0.2) is 34.7 Å². The number of fused-ring (bicyclic) bond motifs is 3. The zero-order valence-corrected chi connectivity index (χ0v) is 23.9. The highest BCUT2D eigenvalue weighted by molar-refractivity contribution is 6.32. The number of nitrogens with one attached hydrogen (secondary N) is 1. The molecule has 2 unspecified atom stereocenters. The summed E-state index contributed by atoms with van der Waals surface area (Å²) < 4.78 is 0. The van der Waals surface area contributed by atoms with Crippen molar-refractivity contribution in [2.24, 2.45) is 29.4 Å². The van der Waals surface area contributed by atoms with Crippen molar-refractivity contribution in [3.05, 3.63) is 22.8 Å². The summed E-state index contributed by atoms with van der Waals surface area (Å²) >= 11 is 0. The van der Waals surface area contributed by atoms with E-state index in [0.29, 0.717) is 23.5 Å². The molecule has 5 N–H and O–H groups in total. The maximum Gasteiger partial charge on any atom is 0.235 e. The van der Waals surface area contributed by atoms with E-state index in [9.17, 15) is 34.2 Å². The van der Waals surface area contributed by atoms with Gasteiger partial charge in [0.1, 0.15) is 5.75 Å². The largest absolute Gasteiger partial charge is 0.507 e. The van der Waals surface area contributed by atoms with Gasteiger partial charge in [-0.05, 0) is 58.1 Å². The number of phenols is 1. The van der Waals surface area contributed by atoms with Gasteiger partial charge >= 0.3 is 0 Å². The Bertz CT molecular complexity index is 1280. The molecule has 218 valence electrons. The number of aromatic hydroxyl groups is 1. The van der Waals surface area contributed by atoms with Gasteiger partial charge in [0, 0.05) is 44.5 Å². The molecule has 0 saturated heterocycles. The van der Waals surface area contributed by atoms with Crippen LogP contribution in [0.15, 0.2) is 6.07 Å². The Kier molecular flexibility index (Phi) is 7.94. The van der Waals surface area contributed by atoms with Crippen molar-refractivity contribution in [3.63, 3.8) is 0 Å². The number of likely N-dealkylation sites (N-methyl/N-ethyl adjacent to an activating group) is 1. The van der Waals surface area contributed by atoms with Crippen LogP contribution in [-0.4, -0.2) is 109 Å². The fourth-order valence-electron chi connectivity index (χ4n) is 6.73. The predicted octanol–water partition coefficient (Wildman–Crippen LogP) is -1.07. The van der Waals surface area contributed by atoms with Crippen LogP contribution in [0.3, 0.4) is 0 Å². The average molecular weight is 558 g/mol. The zero-order chi connectivity index (χ0) is 29.8. The molecule has 0 aromatic heterocycles. The zero-order valence-electron chi connectivity index (χ0n) is 23.9. The smallest absolute Gasteiger partial charge is 0.235 e. The maximum absolute atomic E-state index is 14.0. The Morgan fingerprint density at radius 3 is 2.33 bits per heavy atom. The van der Waals surface area contributed by atoms with E-state index in [1.165, 1.54) is 4.90 Å². The third-order valence-electron chi connectivity index (χ3n) is 8.84. The minimum atomic E-state index is -2.74. The summed E-state index contributed by atoms with van der Waals surface area (Å²) in [5.74, 6) is -10.4. The molecule has 1 aromatic rings. The Labute approximate surface area is 233 Å². The molecule has 0 bridgehead atoms. The summed E-state index contributed by atoms with van der Waals surface area (Å²) in [6.45, 7) is 3.63. The first-order valence-electron chi connectivity index (χ1n) is 13.5. The van der Waals surface area contributed by atoms with E-state index in [0.717, 1.165) is 6.54 Å². The molecular formula is C28H39N5O7. The fraction of sp³-hybridized carbons (Fsp3) is 0.607. The van der Waals surface area contributed by atoms with Crippen molar-refractivity contribution in [3.8, 4) is 5.75 Å². The van der Waals surface area contributed by atoms with Gasteiger partial charge in [-0.1, -0.05) is 6.92 Å². The predicted molar refractivity (Wildman–Crippen MR) is 146 cm³/mol. The van der Waals surface area contributed by atoms with Gasteiger partial charge in [-0.25, -0.2) is 0 Å². The molecular weight excluding hydrogens is 518 g/mol. The van der Waals surface area contributed by atoms with Gasteiger partial charge < -0.3 is 26.2 Å². The van der Waals surface area contributed by atoms with Crippen LogP contribution in [0.25, 0.3) is 0 Å². The number of amides is 1. The highest BCUT2D eigenvalue weighted by atomic mass is 16.3. The molecule has 2 fully saturated rings. The topological polar surface area (TPSA) is 174 Å². The second-order valence-corrected chi connectivity index (χ2v) is 11.7. The molecule has 3 aliphatic carbocycles. The number of ketones is 4. The van der Waals surface area contributed by atoms with Crippen LogP contribution in [0.5, 0.6) is 5.75 Å². The first kappa shape index (κ1) is 29.8. The number of hydrogen-bond donors (Lipinski definition) is 4. The van der Waals surface area contributed by atoms with Gasteiger partial charge in [-0.3, -0.25) is 33.8 Å². The molecule has 0 radical (unpaired) electrons. The fourth-order valence-corrected chi connectivity index (χ4v) is 6.73. The second kappa shape index (κ2) is 10.7. The van der Waals surface area contributed by atoms with E-state index in [2.05, 4.69) is 5.32 Å². The monoisotopic (exact) mass is 557 g/mol. The van der Waals surface area contributed by atoms with E-state index in [1.54, 1.807) is 14.1 Å². The molecule has 2 saturated carbocycles. The quantitative estimate of drug-likeness (QED) is 0.226. The molecule has 1 aromatic carbocycles. The number of Topliss-reactive ketones (excluding diaryl/α,β-unsaturated/α-hetero) is 4. The average Bonchev–Trinajstić information content (AvgIpc) is 2.86. The third kappa shape index (κ3) is 4.43. The minimum Gasteiger partial charge on any atom is -0.507 e. The SMILES string of the molecule is CCN(C)CNCc1cc(N(C)C)c2c(c1O)C(=O)C1C(=O)[C@]3(O)C(=O)C(C(N)=O)C(=O)[C@@H](N(C)C)[C@@H]3C[C@@H]1C2. The number of nitrogens with zero attached hydrogens (tertiary/aromatic N) is 3. The highest BCUT2D eigenvalue weighted by Crippen LogP contribution is 2.52. The number of benzene rings is 1. The van der Waals surface area contributed by atoms with Crippen molar-refractivity contribution in [1.82, 2.24) is 15.1 Å². The lowest BCUT2D eigenvalue weighted by atomic mass is 9.52. The number of primary amides is 1. The van der Waals surface area contributed by atoms with E-state index >= 15 is 0 Å². The molecule has 1 amide bonds. The van der Waals surface area contributed by atoms with Crippen LogP contribution in [0.2, 0.25) is 0 Å². The Balaban J connectivity index is 1.82. The van der Waals surface area contributed by atoms with Gasteiger partial charge in [0.05, 0.1) is 17.5 Å². The van der Waals surface area contributed by atoms with Gasteiger partial charge in [0.2, 0.25) is 5.91 Å². The van der Waals surface area contributed by atoms with Crippen LogP contribution >= 0.6 is 0 Å². The number of carbonyl (C=O) groups excluding carboxylic acids is 5. The molecule has 4 rings (SSSR count). The number of phenolic OH excluding ortho intramolecular Hbond substituents is 1. The van der Waals surface area contributed by atoms with E-state index in [1.807, 2.05) is 43.9 Å². The summed E-state index contributed by atoms with van der Waals surface area (Å²) in [6.07, 6.45) is 0.239. The van der Waals surface area contributed by atoms with E-state index in [4.69, 9.17) is 5.73 Å². The standard InChI is InChI=1S/C28H39N5O7/c1-7-33(6)12-30-11-14-10-17(31(2)3)15-8-13-9-16-21(32(4)5)24(36)20(27(29)39)26(38)28(16,40)25(37)18(13)23(35)19(15)22(14)34/h10,13,16,18,20-21,30,34,40H,7-9,11-12H2,1-6H3,(H2,29,39)/t13-,16-,18?,20?,21-,28-/m0/s1. The summed E-state index contributed by atoms with van der Waals surface area (Å²) in [4.78, 5) is 72.1. The third-order valence-corrected chi connectivity index (χ3v) is 8.84. The summed E-state index contributed by atoms with van der Waals surface area (Å²) in [6, 6.07) is 0.688. The Morgan fingerprint density at radius 2 is 1.77 bits per heavy atom. The lowest BCUT2D eigenvalue weighted by Gasteiger charge is -2.52. The van der Waals surface area contributed by atoms with Gasteiger partial charge in [-0.2, -0.15) is 0 Å². The maximum atomic E-state index is 14.0. The van der Waals surface area contributed by atoms with Gasteiger partial charge in [0.25, 0.3) is 0 Å². The molecule has 40 heavy (non-hydrogen) atoms. The number of carbonyl (C=O) groups is 5. The van der Waals surface area contributed by atoms with E-state index < -0.39 is 64.4 Å². The number of rotatable bonds is 8. The molecule has 0 aliphatic heterocycles. The van der Waals surface area contributed by atoms with Crippen molar-refractivity contribution in [1.29, 1.82) is 0 Å². The molecule has 12 heteroatoms. The minimum absolute atomic E-state index is 0.00144. The number of hydrogen-bond acceptors (Lipinski definition) is 11. The Morgan fingerprint density at radius 1 is 1.12 bits per heavy atom. The van der Waals surface area contributed by atoms with Crippen molar-refractivity contribution in [2.75, 3.05) is 53.4 Å². The Hall–Kier alpha value is -3.19. The summed E-state index contributed by atoms with van der Waals surface area (Å²) in [7, 11) is 8.70. The van der Waals surface area contributed by atoms with Crippen LogP contribution in [-0.2, 0) is 32.1 Å². The lowest BCUT2D eigenvalue weighted by Crippen LogP contribution is -2.74. The van der Waals surface area contributed by atoms with E-state index in [-0.39, 0.29) is 30.7 Å². The number of nitrogens with two attached hydrogens (primary N) is 1. The van der Waals surface area contributed by atoms with Gasteiger partial charge in [-0.15, -0.1) is 0 Å². The summed E-state index contributed by atoms with van der Waals surface area (Å²) in [5, 5.41) is 26.2. The lowest BCUT2D eigenvalue weighted by molar-refractivity contribution is -0.181. The van der Waals surface area contributed by atoms with Crippen LogP contribution in [0, 0.1) is 23.7 Å². The van der Waals surface area contributed by atoms with Crippen molar-refractivity contribution >= 4 is 34.7 Å². The molecule has 3 aliphatic rings. The van der Waals surface area contributed by atoms with Crippen molar-refractivity contribution in [2.45, 2.75) is 38.0 Å². The van der Waals surface area contributed by atoms with Crippen LogP contribution < -0.4 is 16.0 Å². The first-order valence-corrected chi connectivity index (χ1v) is 13.5. The second-order valence-electron chi connectivity index (χ2n) is 11.7. The number of aliphatic hydroxyl groups is 1. The molecule has 6 atom stereocenters.